The lowest BCUT2D eigenvalue weighted by Gasteiger charge is -2.30. The number of hydrogen-bond acceptors (Lipinski definition) is 7. The van der Waals surface area contributed by atoms with Crippen LogP contribution in [-0.4, -0.2) is 50.8 Å². The lowest BCUT2D eigenvalue weighted by atomic mass is 10.1. The van der Waals surface area contributed by atoms with Gasteiger partial charge in [-0.1, -0.05) is 35.3 Å². The molecule has 1 aliphatic heterocycles. The normalized spacial score (nSPS) is 14.9. The Hall–Kier alpha value is -3.20. The number of piperidine rings is 1. The van der Waals surface area contributed by atoms with Gasteiger partial charge in [0.2, 0.25) is 5.95 Å². The minimum absolute atomic E-state index is 0.330. The highest BCUT2D eigenvalue weighted by Gasteiger charge is 2.18. The summed E-state index contributed by atoms with van der Waals surface area (Å²) in [7, 11) is 2.16. The molecule has 0 aliphatic carbocycles. The predicted octanol–water partition coefficient (Wildman–Crippen LogP) is 5.04. The zero-order valence-corrected chi connectivity index (χ0v) is 20.9. The zero-order chi connectivity index (χ0) is 24.5. The van der Waals surface area contributed by atoms with E-state index in [0.717, 1.165) is 37.3 Å². The Balaban J connectivity index is 1.42. The lowest BCUT2D eigenvalue weighted by molar-refractivity contribution is 0.264. The van der Waals surface area contributed by atoms with Crippen LogP contribution in [0.2, 0.25) is 10.0 Å². The van der Waals surface area contributed by atoms with Gasteiger partial charge in [0.05, 0.1) is 21.1 Å². The van der Waals surface area contributed by atoms with Gasteiger partial charge in [0, 0.05) is 23.6 Å². The van der Waals surface area contributed by atoms with Gasteiger partial charge in [0.15, 0.2) is 0 Å². The highest BCUT2D eigenvalue weighted by atomic mass is 35.5. The van der Waals surface area contributed by atoms with E-state index < -0.39 is 5.56 Å². The molecule has 0 radical (unpaired) electrons. The van der Waals surface area contributed by atoms with E-state index in [1.54, 1.807) is 25.1 Å². The Bertz CT molecular complexity index is 1430. The van der Waals surface area contributed by atoms with Gasteiger partial charge in [-0.05, 0) is 70.2 Å². The van der Waals surface area contributed by atoms with Gasteiger partial charge in [-0.3, -0.25) is 4.79 Å². The highest BCUT2D eigenvalue weighted by molar-refractivity contribution is 6.37. The van der Waals surface area contributed by atoms with Crippen LogP contribution in [0.3, 0.4) is 0 Å². The maximum atomic E-state index is 13.2. The minimum atomic E-state index is -0.392. The molecule has 3 heterocycles. The van der Waals surface area contributed by atoms with Crippen LogP contribution >= 0.6 is 23.2 Å². The second kappa shape index (κ2) is 9.81. The quantitative estimate of drug-likeness (QED) is 0.389. The lowest BCUT2D eigenvalue weighted by Crippen LogP contribution is -2.36. The molecule has 180 valence electrons. The molecule has 0 spiro atoms. The predicted molar refractivity (Wildman–Crippen MR) is 142 cm³/mol. The van der Waals surface area contributed by atoms with Gasteiger partial charge in [0.25, 0.3) is 5.56 Å². The first-order chi connectivity index (χ1) is 16.9. The van der Waals surface area contributed by atoms with Crippen LogP contribution in [0.25, 0.3) is 16.6 Å². The van der Waals surface area contributed by atoms with Crippen LogP contribution in [-0.2, 0) is 0 Å². The smallest absolute Gasteiger partial charge is 0.282 e. The van der Waals surface area contributed by atoms with Crippen molar-refractivity contribution in [3.63, 3.8) is 0 Å². The number of rotatable bonds is 5. The summed E-state index contributed by atoms with van der Waals surface area (Å²) < 4.78 is 1.21. The number of nitrogens with zero attached hydrogens (tertiary/aromatic N) is 5. The number of aryl methyl sites for hydroxylation is 1. The van der Waals surface area contributed by atoms with Crippen molar-refractivity contribution in [1.29, 1.82) is 0 Å². The van der Waals surface area contributed by atoms with Crippen LogP contribution in [0.5, 0.6) is 0 Å². The fourth-order valence-corrected chi connectivity index (χ4v) is 4.84. The van der Waals surface area contributed by atoms with Gasteiger partial charge >= 0.3 is 0 Å². The number of halogens is 2. The molecule has 10 heteroatoms. The SMILES string of the molecule is Cc1nn(-c2c(Cl)cccc2Cl)c(=O)c2cnc(Nc3cccc(NC4CCN(C)CC4)c3)nc12. The Morgan fingerprint density at radius 1 is 1.03 bits per heavy atom. The number of likely N-dealkylation sites (tertiary alicyclic amines) is 1. The van der Waals surface area contributed by atoms with Crippen molar-refractivity contribution >= 4 is 51.4 Å². The average molecular weight is 510 g/mol. The van der Waals surface area contributed by atoms with Crippen LogP contribution in [0.1, 0.15) is 18.5 Å². The van der Waals surface area contributed by atoms with E-state index in [-0.39, 0.29) is 0 Å². The molecule has 4 aromatic rings. The van der Waals surface area contributed by atoms with E-state index in [1.165, 1.54) is 10.9 Å². The van der Waals surface area contributed by atoms with Crippen LogP contribution in [0.15, 0.2) is 53.5 Å². The number of hydrogen-bond donors (Lipinski definition) is 2. The monoisotopic (exact) mass is 509 g/mol. The molecule has 35 heavy (non-hydrogen) atoms. The molecule has 0 bridgehead atoms. The molecule has 0 amide bonds. The summed E-state index contributed by atoms with van der Waals surface area (Å²) in [5.41, 5.74) is 2.86. The summed E-state index contributed by atoms with van der Waals surface area (Å²) in [4.78, 5) is 24.5. The maximum Gasteiger partial charge on any atom is 0.282 e. The Labute approximate surface area is 212 Å². The van der Waals surface area contributed by atoms with Crippen LogP contribution in [0.4, 0.5) is 17.3 Å². The molecule has 2 N–H and O–H groups in total. The van der Waals surface area contributed by atoms with E-state index >= 15 is 0 Å². The van der Waals surface area contributed by atoms with Crippen LogP contribution < -0.4 is 16.2 Å². The van der Waals surface area contributed by atoms with Gasteiger partial charge in [-0.2, -0.15) is 9.78 Å². The fourth-order valence-electron chi connectivity index (χ4n) is 4.28. The molecule has 8 nitrogen and oxygen atoms in total. The molecular formula is C25H25Cl2N7O. The van der Waals surface area contributed by atoms with Gasteiger partial charge < -0.3 is 15.5 Å². The minimum Gasteiger partial charge on any atom is -0.382 e. The van der Waals surface area contributed by atoms with Gasteiger partial charge in [0.1, 0.15) is 11.2 Å². The summed E-state index contributed by atoms with van der Waals surface area (Å²) in [5.74, 6) is 0.381. The van der Waals surface area contributed by atoms with E-state index in [1.807, 2.05) is 18.2 Å². The summed E-state index contributed by atoms with van der Waals surface area (Å²) in [6.45, 7) is 3.97. The third kappa shape index (κ3) is 4.96. The van der Waals surface area contributed by atoms with Crippen molar-refractivity contribution in [2.24, 2.45) is 0 Å². The van der Waals surface area contributed by atoms with Crippen molar-refractivity contribution in [2.75, 3.05) is 30.8 Å². The number of anilines is 3. The first-order valence-electron chi connectivity index (χ1n) is 11.4. The molecule has 0 unspecified atom stereocenters. The summed E-state index contributed by atoms with van der Waals surface area (Å²) in [5, 5.41) is 12.3. The topological polar surface area (TPSA) is 88.0 Å². The Kier molecular flexibility index (Phi) is 6.60. The van der Waals surface area contributed by atoms with Crippen molar-refractivity contribution in [2.45, 2.75) is 25.8 Å². The summed E-state index contributed by atoms with van der Waals surface area (Å²) in [6.07, 6.45) is 3.74. The first-order valence-corrected chi connectivity index (χ1v) is 12.2. The molecule has 0 saturated carbocycles. The third-order valence-corrected chi connectivity index (χ3v) is 6.77. The van der Waals surface area contributed by atoms with E-state index in [2.05, 4.69) is 43.7 Å². The van der Waals surface area contributed by atoms with Gasteiger partial charge in [-0.25, -0.2) is 9.97 Å². The molecule has 1 saturated heterocycles. The van der Waals surface area contributed by atoms with Gasteiger partial charge in [-0.15, -0.1) is 0 Å². The number of fused-ring (bicyclic) bond motifs is 1. The number of para-hydroxylation sites is 1. The van der Waals surface area contributed by atoms with Crippen molar-refractivity contribution < 1.29 is 0 Å². The second-order valence-electron chi connectivity index (χ2n) is 8.76. The van der Waals surface area contributed by atoms with Crippen molar-refractivity contribution in [3.8, 4) is 5.69 Å². The fraction of sp³-hybridized carbons (Fsp3) is 0.280. The molecular weight excluding hydrogens is 485 g/mol. The molecule has 2 aromatic heterocycles. The molecule has 5 rings (SSSR count). The largest absolute Gasteiger partial charge is 0.382 e. The number of aromatic nitrogens is 4. The van der Waals surface area contributed by atoms with Crippen molar-refractivity contribution in [1.82, 2.24) is 24.6 Å². The number of benzene rings is 2. The van der Waals surface area contributed by atoms with Crippen molar-refractivity contribution in [3.05, 3.63) is 74.8 Å². The summed E-state index contributed by atoms with van der Waals surface area (Å²) >= 11 is 12.6. The van der Waals surface area contributed by atoms with E-state index in [9.17, 15) is 4.79 Å². The highest BCUT2D eigenvalue weighted by Crippen LogP contribution is 2.28. The number of nitrogens with one attached hydrogen (secondary N) is 2. The molecule has 1 aliphatic rings. The second-order valence-corrected chi connectivity index (χ2v) is 9.57. The first kappa shape index (κ1) is 23.5. The molecule has 2 aromatic carbocycles. The molecule has 0 atom stereocenters. The Morgan fingerprint density at radius 2 is 1.71 bits per heavy atom. The average Bonchev–Trinajstić information content (AvgIpc) is 2.84. The maximum absolute atomic E-state index is 13.2. The van der Waals surface area contributed by atoms with E-state index in [4.69, 9.17) is 23.2 Å². The standard InChI is InChI=1S/C25H25Cl2N7O/c1-15-22-19(24(35)34(32-15)23-20(26)7-4-8-21(23)27)14-28-25(31-22)30-18-6-3-5-17(13-18)29-16-9-11-33(2)12-10-16/h3-8,13-14,16,29H,9-12H2,1-2H3,(H,28,30,31). The molecule has 1 fully saturated rings. The third-order valence-electron chi connectivity index (χ3n) is 6.16. The zero-order valence-electron chi connectivity index (χ0n) is 19.4. The summed E-state index contributed by atoms with van der Waals surface area (Å²) in [6, 6.07) is 13.5. The van der Waals surface area contributed by atoms with E-state index in [0.29, 0.717) is 44.3 Å². The Morgan fingerprint density at radius 3 is 2.46 bits per heavy atom. The van der Waals surface area contributed by atoms with Crippen LogP contribution in [0, 0.1) is 6.92 Å².